The molecule has 0 aromatic heterocycles. The van der Waals surface area contributed by atoms with E-state index in [2.05, 4.69) is 24.3 Å². The largest absolute Gasteiger partial charge is 0.0837 e. The Morgan fingerprint density at radius 2 is 1.53 bits per heavy atom. The summed E-state index contributed by atoms with van der Waals surface area (Å²) in [5, 5.41) is 0.878. The summed E-state index contributed by atoms with van der Waals surface area (Å²) in [6.45, 7) is 0. The lowest BCUT2D eigenvalue weighted by atomic mass is 9.49. The van der Waals surface area contributed by atoms with Gasteiger partial charge < -0.3 is 0 Å². The van der Waals surface area contributed by atoms with Gasteiger partial charge in [0.25, 0.3) is 0 Å². The van der Waals surface area contributed by atoms with Crippen molar-refractivity contribution in [3.63, 3.8) is 0 Å². The number of benzene rings is 1. The van der Waals surface area contributed by atoms with Crippen molar-refractivity contribution >= 4 is 17.7 Å². The summed E-state index contributed by atoms with van der Waals surface area (Å²) in [7, 11) is 0. The number of hydrogen-bond donors (Lipinski definition) is 0. The van der Waals surface area contributed by atoms with Gasteiger partial charge in [0.15, 0.2) is 0 Å². The Hall–Kier alpha value is -0.750. The van der Waals surface area contributed by atoms with Crippen molar-refractivity contribution in [1.29, 1.82) is 0 Å². The van der Waals surface area contributed by atoms with Crippen LogP contribution in [-0.4, -0.2) is 0 Å². The Labute approximate surface area is 120 Å². The van der Waals surface area contributed by atoms with Crippen LogP contribution in [0.4, 0.5) is 0 Å². The molecule has 5 rings (SSSR count). The lowest BCUT2D eigenvalue weighted by Crippen LogP contribution is -2.44. The molecule has 1 aromatic rings. The third kappa shape index (κ3) is 2.14. The maximum absolute atomic E-state index is 6.26. The third-order valence-electron chi connectivity index (χ3n) is 5.61. The highest BCUT2D eigenvalue weighted by molar-refractivity contribution is 6.32. The van der Waals surface area contributed by atoms with Gasteiger partial charge >= 0.3 is 0 Å². The second-order valence-corrected chi connectivity index (χ2v) is 7.54. The highest BCUT2D eigenvalue weighted by Gasteiger charge is 2.49. The predicted molar refractivity (Wildman–Crippen MR) is 81.1 cm³/mol. The van der Waals surface area contributed by atoms with E-state index in [0.717, 1.165) is 22.8 Å². The average molecular weight is 273 g/mol. The Kier molecular flexibility index (Phi) is 2.77. The molecule has 0 unspecified atom stereocenters. The summed E-state index contributed by atoms with van der Waals surface area (Å²) >= 11 is 6.26. The van der Waals surface area contributed by atoms with Gasteiger partial charge in [0, 0.05) is 5.02 Å². The minimum atomic E-state index is 0.508. The van der Waals surface area contributed by atoms with Crippen LogP contribution in [0, 0.1) is 23.2 Å². The molecule has 100 valence electrons. The van der Waals surface area contributed by atoms with E-state index in [-0.39, 0.29) is 0 Å². The van der Waals surface area contributed by atoms with Gasteiger partial charge in [-0.05, 0) is 73.3 Å². The average Bonchev–Trinajstić information content (AvgIpc) is 2.36. The standard InChI is InChI=1S/C18H21Cl/c19-17-4-2-1-3-16(17)5-6-18-10-13-7-14(11-18)9-15(8-13)12-18/h1-6,13-15H,7-12H2/b6-5+. The molecule has 0 heterocycles. The third-order valence-corrected chi connectivity index (χ3v) is 5.95. The van der Waals surface area contributed by atoms with E-state index < -0.39 is 0 Å². The van der Waals surface area contributed by atoms with Gasteiger partial charge in [0.2, 0.25) is 0 Å². The Morgan fingerprint density at radius 1 is 0.947 bits per heavy atom. The van der Waals surface area contributed by atoms with Gasteiger partial charge in [-0.1, -0.05) is 42.0 Å². The first-order valence-electron chi connectivity index (χ1n) is 7.66. The van der Waals surface area contributed by atoms with Gasteiger partial charge in [-0.2, -0.15) is 0 Å². The van der Waals surface area contributed by atoms with Crippen LogP contribution in [0.2, 0.25) is 5.02 Å². The van der Waals surface area contributed by atoms with Gasteiger partial charge in [0.1, 0.15) is 0 Å². The normalized spacial score (nSPS) is 40.2. The molecule has 0 aliphatic heterocycles. The maximum atomic E-state index is 6.26. The zero-order chi connectivity index (χ0) is 12.9. The van der Waals surface area contributed by atoms with Crippen LogP contribution in [0.5, 0.6) is 0 Å². The van der Waals surface area contributed by atoms with Gasteiger partial charge in [0.05, 0.1) is 0 Å². The second kappa shape index (κ2) is 4.38. The Balaban J connectivity index is 1.61. The summed E-state index contributed by atoms with van der Waals surface area (Å²) < 4.78 is 0. The van der Waals surface area contributed by atoms with Crippen LogP contribution < -0.4 is 0 Å². The van der Waals surface area contributed by atoms with Crippen LogP contribution >= 0.6 is 11.6 Å². The quantitative estimate of drug-likeness (QED) is 0.660. The highest BCUT2D eigenvalue weighted by atomic mass is 35.5. The molecule has 4 fully saturated rings. The smallest absolute Gasteiger partial charge is 0.0478 e. The van der Waals surface area contributed by atoms with E-state index in [1.807, 2.05) is 12.1 Å². The molecule has 0 saturated heterocycles. The fraction of sp³-hybridized carbons (Fsp3) is 0.556. The predicted octanol–water partition coefficient (Wildman–Crippen LogP) is 5.57. The van der Waals surface area contributed by atoms with Crippen molar-refractivity contribution < 1.29 is 0 Å². The summed E-state index contributed by atoms with van der Waals surface area (Å²) in [6, 6.07) is 8.19. The summed E-state index contributed by atoms with van der Waals surface area (Å²) in [5.41, 5.74) is 1.69. The zero-order valence-electron chi connectivity index (χ0n) is 11.3. The molecule has 0 radical (unpaired) electrons. The summed E-state index contributed by atoms with van der Waals surface area (Å²) in [6.07, 6.45) is 13.6. The number of allylic oxidation sites excluding steroid dienone is 1. The fourth-order valence-electron chi connectivity index (χ4n) is 5.26. The van der Waals surface area contributed by atoms with Gasteiger partial charge in [-0.3, -0.25) is 0 Å². The van der Waals surface area contributed by atoms with E-state index in [9.17, 15) is 0 Å². The number of rotatable bonds is 2. The molecule has 0 atom stereocenters. The Bertz CT molecular complexity index is 479. The summed E-state index contributed by atoms with van der Waals surface area (Å²) in [4.78, 5) is 0. The lowest BCUT2D eigenvalue weighted by molar-refractivity contribution is -0.0232. The monoisotopic (exact) mass is 272 g/mol. The molecule has 1 heteroatoms. The molecule has 0 nitrogen and oxygen atoms in total. The van der Waals surface area contributed by atoms with E-state index in [4.69, 9.17) is 11.6 Å². The SMILES string of the molecule is Clc1ccccc1/C=C/C12CC3CC(CC(C3)C1)C2. The molecule has 19 heavy (non-hydrogen) atoms. The van der Waals surface area contributed by atoms with Crippen molar-refractivity contribution in [2.45, 2.75) is 38.5 Å². The molecule has 4 aliphatic carbocycles. The van der Waals surface area contributed by atoms with Crippen LogP contribution in [0.15, 0.2) is 30.3 Å². The van der Waals surface area contributed by atoms with Crippen LogP contribution in [-0.2, 0) is 0 Å². The van der Waals surface area contributed by atoms with Crippen LogP contribution in [0.25, 0.3) is 6.08 Å². The van der Waals surface area contributed by atoms with E-state index in [1.165, 1.54) is 44.1 Å². The van der Waals surface area contributed by atoms with Gasteiger partial charge in [-0.15, -0.1) is 0 Å². The van der Waals surface area contributed by atoms with Crippen LogP contribution in [0.1, 0.15) is 44.1 Å². The molecular weight excluding hydrogens is 252 g/mol. The van der Waals surface area contributed by atoms with Gasteiger partial charge in [-0.25, -0.2) is 0 Å². The van der Waals surface area contributed by atoms with Crippen molar-refractivity contribution in [3.8, 4) is 0 Å². The topological polar surface area (TPSA) is 0 Å². The molecule has 4 bridgehead atoms. The molecule has 0 N–H and O–H groups in total. The number of hydrogen-bond acceptors (Lipinski definition) is 0. The maximum Gasteiger partial charge on any atom is 0.0478 e. The fourth-order valence-corrected chi connectivity index (χ4v) is 5.46. The van der Waals surface area contributed by atoms with Crippen molar-refractivity contribution in [1.82, 2.24) is 0 Å². The first-order chi connectivity index (χ1) is 9.22. The summed E-state index contributed by atoms with van der Waals surface area (Å²) in [5.74, 6) is 3.05. The first-order valence-corrected chi connectivity index (χ1v) is 8.04. The van der Waals surface area contributed by atoms with Crippen LogP contribution in [0.3, 0.4) is 0 Å². The minimum Gasteiger partial charge on any atom is -0.0837 e. The van der Waals surface area contributed by atoms with E-state index in [0.29, 0.717) is 5.41 Å². The Morgan fingerprint density at radius 3 is 2.11 bits per heavy atom. The molecule has 0 amide bonds. The zero-order valence-corrected chi connectivity index (χ0v) is 12.1. The van der Waals surface area contributed by atoms with Crippen molar-refractivity contribution in [2.24, 2.45) is 23.2 Å². The molecular formula is C18H21Cl. The van der Waals surface area contributed by atoms with E-state index >= 15 is 0 Å². The van der Waals surface area contributed by atoms with Crippen molar-refractivity contribution in [2.75, 3.05) is 0 Å². The minimum absolute atomic E-state index is 0.508. The van der Waals surface area contributed by atoms with Crippen molar-refractivity contribution in [3.05, 3.63) is 40.9 Å². The van der Waals surface area contributed by atoms with E-state index in [1.54, 1.807) is 0 Å². The highest BCUT2D eigenvalue weighted by Crippen LogP contribution is 2.60. The molecule has 4 aliphatic rings. The lowest BCUT2D eigenvalue weighted by Gasteiger charge is -2.55. The molecule has 1 aromatic carbocycles. The first kappa shape index (κ1) is 12.0. The second-order valence-electron chi connectivity index (χ2n) is 7.13. The molecule has 0 spiro atoms. The number of halogens is 1. The molecule has 4 saturated carbocycles.